The third kappa shape index (κ3) is 3.00. The van der Waals surface area contributed by atoms with Gasteiger partial charge in [-0.25, -0.2) is 9.69 Å². The van der Waals surface area contributed by atoms with E-state index >= 15 is 0 Å². The second kappa shape index (κ2) is 6.45. The summed E-state index contributed by atoms with van der Waals surface area (Å²) in [5, 5.41) is 11.2. The van der Waals surface area contributed by atoms with Crippen LogP contribution in [0.25, 0.3) is 0 Å². The fourth-order valence-corrected chi connectivity index (χ4v) is 3.85. The van der Waals surface area contributed by atoms with Gasteiger partial charge in [-0.1, -0.05) is 12.1 Å². The smallest absolute Gasteiger partial charge is 0.398 e. The topological polar surface area (TPSA) is 67.6 Å². The Bertz CT molecular complexity index is 997. The van der Waals surface area contributed by atoms with Crippen LogP contribution in [0.15, 0.2) is 48.8 Å². The summed E-state index contributed by atoms with van der Waals surface area (Å²) in [6.07, 6.45) is -1.65. The van der Waals surface area contributed by atoms with Crippen molar-refractivity contribution in [1.29, 1.82) is 0 Å². The number of nitrogens with zero attached hydrogens (tertiary/aromatic N) is 3. The zero-order valence-corrected chi connectivity index (χ0v) is 16.4. The molecule has 2 aliphatic rings. The molecule has 4 rings (SSSR count). The molecule has 0 bridgehead atoms. The molecule has 2 fully saturated rings. The van der Waals surface area contributed by atoms with Crippen molar-refractivity contribution in [1.82, 2.24) is 4.90 Å². The number of hydrogen-bond acceptors (Lipinski definition) is 3. The number of rotatable bonds is 4. The summed E-state index contributed by atoms with van der Waals surface area (Å²) in [4.78, 5) is 28.4. The lowest BCUT2D eigenvalue weighted by atomic mass is 9.95. The molecule has 1 aromatic heterocycles. The fourth-order valence-electron chi connectivity index (χ4n) is 3.85. The van der Waals surface area contributed by atoms with E-state index in [0.717, 1.165) is 4.90 Å². The van der Waals surface area contributed by atoms with Gasteiger partial charge in [-0.3, -0.25) is 4.79 Å². The minimum atomic E-state index is -4.33. The molecule has 3 amide bonds. The summed E-state index contributed by atoms with van der Waals surface area (Å²) < 4.78 is 40.7. The van der Waals surface area contributed by atoms with Gasteiger partial charge in [0, 0.05) is 18.7 Å². The van der Waals surface area contributed by atoms with Gasteiger partial charge in [0.1, 0.15) is 5.54 Å². The zero-order chi connectivity index (χ0) is 21.9. The van der Waals surface area contributed by atoms with Gasteiger partial charge in [-0.2, -0.15) is 17.9 Å². The van der Waals surface area contributed by atoms with Crippen molar-refractivity contribution in [2.75, 3.05) is 4.90 Å². The fraction of sp³-hybridized carbons (Fsp3) is 0.381. The van der Waals surface area contributed by atoms with E-state index in [9.17, 15) is 28.0 Å². The lowest BCUT2D eigenvalue weighted by Crippen LogP contribution is -2.43. The number of carbonyl (C=O) groups is 2. The highest BCUT2D eigenvalue weighted by Crippen LogP contribution is 2.59. The number of urea groups is 1. The van der Waals surface area contributed by atoms with Crippen LogP contribution in [0.5, 0.6) is 0 Å². The van der Waals surface area contributed by atoms with Gasteiger partial charge in [0.2, 0.25) is 0 Å². The molecule has 6 nitrogen and oxygen atoms in total. The molecule has 0 N–H and O–H groups in total. The van der Waals surface area contributed by atoms with Crippen LogP contribution in [-0.2, 0) is 16.8 Å². The third-order valence-corrected chi connectivity index (χ3v) is 6.01. The van der Waals surface area contributed by atoms with Crippen molar-refractivity contribution in [2.24, 2.45) is 0 Å². The van der Waals surface area contributed by atoms with Gasteiger partial charge in [0.15, 0.2) is 12.4 Å². The number of imide groups is 1. The Balaban J connectivity index is 1.61. The lowest BCUT2D eigenvalue weighted by Gasteiger charge is -2.27. The van der Waals surface area contributed by atoms with E-state index < -0.39 is 29.1 Å². The molecule has 1 aromatic carbocycles. The van der Waals surface area contributed by atoms with E-state index in [0.29, 0.717) is 10.3 Å². The number of alkyl halides is 3. The molecule has 158 valence electrons. The Morgan fingerprint density at radius 1 is 1.03 bits per heavy atom. The molecule has 0 unspecified atom stereocenters. The number of carbonyl (C=O) groups excluding carboxylic acids is 2. The quantitative estimate of drug-likeness (QED) is 0.432. The molecule has 1 aliphatic heterocycles. The lowest BCUT2D eigenvalue weighted by molar-refractivity contribution is -0.605. The van der Waals surface area contributed by atoms with Crippen LogP contribution in [0.2, 0.25) is 0 Å². The average molecular weight is 419 g/mol. The van der Waals surface area contributed by atoms with Gasteiger partial charge >= 0.3 is 12.2 Å². The van der Waals surface area contributed by atoms with Crippen LogP contribution >= 0.6 is 0 Å². The van der Waals surface area contributed by atoms with E-state index in [1.54, 1.807) is 26.0 Å². The minimum Gasteiger partial charge on any atom is -0.619 e. The van der Waals surface area contributed by atoms with Crippen LogP contribution in [0, 0.1) is 5.21 Å². The number of pyridine rings is 1. The number of halogens is 3. The molecule has 0 radical (unpaired) electrons. The first-order valence-corrected chi connectivity index (χ1v) is 9.48. The number of aromatic nitrogens is 1. The van der Waals surface area contributed by atoms with Crippen LogP contribution in [0.1, 0.15) is 37.8 Å². The molecule has 2 heterocycles. The molecular weight excluding hydrogens is 399 g/mol. The summed E-state index contributed by atoms with van der Waals surface area (Å²) in [6.45, 7) is 3.34. The maximum atomic E-state index is 13.3. The Hall–Kier alpha value is -3.10. The largest absolute Gasteiger partial charge is 0.619 e. The Morgan fingerprint density at radius 3 is 2.10 bits per heavy atom. The molecule has 0 spiro atoms. The average Bonchev–Trinajstić information content (AvgIpc) is 3.47. The van der Waals surface area contributed by atoms with Crippen LogP contribution < -0.4 is 9.63 Å². The van der Waals surface area contributed by atoms with Gasteiger partial charge in [0.25, 0.3) is 5.91 Å². The molecule has 9 heteroatoms. The maximum absolute atomic E-state index is 13.3. The highest BCUT2D eigenvalue weighted by Gasteiger charge is 2.64. The van der Waals surface area contributed by atoms with Gasteiger partial charge in [0.05, 0.1) is 11.1 Å². The highest BCUT2D eigenvalue weighted by atomic mass is 19.4. The monoisotopic (exact) mass is 419 g/mol. The number of benzene rings is 1. The summed E-state index contributed by atoms with van der Waals surface area (Å²) in [6, 6.07) is 8.02. The first kappa shape index (κ1) is 20.2. The molecule has 0 atom stereocenters. The second-order valence-electron chi connectivity index (χ2n) is 8.26. The summed E-state index contributed by atoms with van der Waals surface area (Å²) in [5.74, 6) is -0.466. The SMILES string of the molecule is CC1(C)C(=O)N(c2ccc(C3(C(F)(F)F)CC3)cc2)C(=O)N1Cc1cc[n+]([O-])cc1. The van der Waals surface area contributed by atoms with Gasteiger partial charge in [-0.15, -0.1) is 0 Å². The summed E-state index contributed by atoms with van der Waals surface area (Å²) in [5.41, 5.74) is -1.92. The number of hydrogen-bond donors (Lipinski definition) is 0. The Labute approximate surface area is 171 Å². The van der Waals surface area contributed by atoms with Crippen molar-refractivity contribution in [3.8, 4) is 0 Å². The van der Waals surface area contributed by atoms with Crippen molar-refractivity contribution in [3.63, 3.8) is 0 Å². The van der Waals surface area contributed by atoms with Gasteiger partial charge < -0.3 is 10.1 Å². The summed E-state index contributed by atoms with van der Waals surface area (Å²) >= 11 is 0. The zero-order valence-electron chi connectivity index (χ0n) is 16.4. The summed E-state index contributed by atoms with van der Waals surface area (Å²) in [7, 11) is 0. The maximum Gasteiger partial charge on any atom is 0.398 e. The molecular formula is C21H20F3N3O3. The standard InChI is InChI=1S/C21H20F3N3O3/c1-19(2)17(28)27(18(29)26(19)13-14-7-11-25(30)12-8-14)16-5-3-15(4-6-16)20(9-10-20)21(22,23)24/h3-8,11-12H,9-10,13H2,1-2H3. The first-order chi connectivity index (χ1) is 14.0. The highest BCUT2D eigenvalue weighted by molar-refractivity contribution is 6.22. The molecule has 1 saturated carbocycles. The van der Waals surface area contributed by atoms with Crippen molar-refractivity contribution in [3.05, 3.63) is 65.1 Å². The number of anilines is 1. The van der Waals surface area contributed by atoms with Crippen LogP contribution in [0.4, 0.5) is 23.7 Å². The third-order valence-electron chi connectivity index (χ3n) is 6.01. The van der Waals surface area contributed by atoms with Crippen LogP contribution in [-0.4, -0.2) is 28.6 Å². The van der Waals surface area contributed by atoms with E-state index in [1.165, 1.54) is 41.6 Å². The van der Waals surface area contributed by atoms with Crippen molar-refractivity contribution in [2.45, 2.75) is 50.4 Å². The van der Waals surface area contributed by atoms with Gasteiger partial charge in [-0.05, 0) is 49.9 Å². The predicted molar refractivity (Wildman–Crippen MR) is 101 cm³/mol. The number of amides is 3. The molecule has 30 heavy (non-hydrogen) atoms. The van der Waals surface area contributed by atoms with E-state index in [2.05, 4.69) is 0 Å². The second-order valence-corrected chi connectivity index (χ2v) is 8.26. The minimum absolute atomic E-state index is 0.0403. The van der Waals surface area contributed by atoms with E-state index in [1.807, 2.05) is 0 Å². The van der Waals surface area contributed by atoms with Crippen molar-refractivity contribution < 1.29 is 27.5 Å². The Morgan fingerprint density at radius 2 is 1.60 bits per heavy atom. The van der Waals surface area contributed by atoms with E-state index in [-0.39, 0.29) is 30.6 Å². The molecule has 1 saturated heterocycles. The molecule has 1 aliphatic carbocycles. The first-order valence-electron chi connectivity index (χ1n) is 9.48. The van der Waals surface area contributed by atoms with Crippen molar-refractivity contribution >= 4 is 17.6 Å². The predicted octanol–water partition coefficient (Wildman–Crippen LogP) is 3.66. The molecule has 2 aromatic rings. The normalized spacial score (nSPS) is 20.0. The Kier molecular flexibility index (Phi) is 4.34. The van der Waals surface area contributed by atoms with E-state index in [4.69, 9.17) is 0 Å². The van der Waals surface area contributed by atoms with Crippen LogP contribution in [0.3, 0.4) is 0 Å².